The van der Waals surface area contributed by atoms with Gasteiger partial charge in [0.25, 0.3) is 0 Å². The summed E-state index contributed by atoms with van der Waals surface area (Å²) in [6.45, 7) is 2.86. The third kappa shape index (κ3) is 3.12. The monoisotopic (exact) mass is 370 g/mol. The summed E-state index contributed by atoms with van der Waals surface area (Å²) in [6.07, 6.45) is 13.1. The van der Waals surface area contributed by atoms with Crippen LogP contribution >= 0.6 is 0 Å². The lowest BCUT2D eigenvalue weighted by Gasteiger charge is -2.40. The van der Waals surface area contributed by atoms with Crippen molar-refractivity contribution in [2.24, 2.45) is 11.3 Å². The van der Waals surface area contributed by atoms with E-state index in [4.69, 9.17) is 9.51 Å². The second kappa shape index (κ2) is 6.73. The van der Waals surface area contributed by atoms with E-state index in [2.05, 4.69) is 34.2 Å². The van der Waals surface area contributed by atoms with E-state index in [1.54, 1.807) is 0 Å². The Balaban J connectivity index is 1.22. The molecule has 1 unspecified atom stereocenters. The zero-order chi connectivity index (χ0) is 18.4. The van der Waals surface area contributed by atoms with Crippen molar-refractivity contribution < 1.29 is 9.32 Å². The van der Waals surface area contributed by atoms with Crippen molar-refractivity contribution in [3.63, 3.8) is 0 Å². The number of piperidine rings is 1. The Labute approximate surface area is 161 Å². The molecular formula is C21H30N4O2. The molecule has 1 atom stereocenters. The minimum Gasteiger partial charge on any atom is -0.342 e. The maximum Gasteiger partial charge on any atom is 0.229 e. The Morgan fingerprint density at radius 2 is 1.96 bits per heavy atom. The molecule has 2 aliphatic heterocycles. The highest BCUT2D eigenvalue weighted by Crippen LogP contribution is 2.48. The first kappa shape index (κ1) is 17.4. The Kier molecular flexibility index (Phi) is 4.34. The van der Waals surface area contributed by atoms with Gasteiger partial charge in [-0.25, -0.2) is 0 Å². The summed E-state index contributed by atoms with van der Waals surface area (Å²) in [4.78, 5) is 22.0. The van der Waals surface area contributed by atoms with Crippen LogP contribution < -0.4 is 0 Å². The first-order valence-corrected chi connectivity index (χ1v) is 10.6. The highest BCUT2D eigenvalue weighted by molar-refractivity contribution is 5.79. The van der Waals surface area contributed by atoms with E-state index in [-0.39, 0.29) is 12.0 Å². The second-order valence-electron chi connectivity index (χ2n) is 9.22. The number of nitrogens with zero attached hydrogens (tertiary/aromatic N) is 4. The number of amides is 1. The first-order chi connectivity index (χ1) is 13.1. The molecule has 1 amide bonds. The smallest absolute Gasteiger partial charge is 0.229 e. The van der Waals surface area contributed by atoms with Gasteiger partial charge in [-0.1, -0.05) is 23.7 Å². The molecule has 0 N–H and O–H groups in total. The number of hydrogen-bond donors (Lipinski definition) is 0. The normalized spacial score (nSPS) is 28.9. The molecule has 146 valence electrons. The van der Waals surface area contributed by atoms with Gasteiger partial charge in [0.1, 0.15) is 0 Å². The third-order valence-corrected chi connectivity index (χ3v) is 7.45. The standard InChI is InChI=1S/C21H30N4O2/c1-24-14-21(9-11-25(12-10-21)20(26)16-5-2-3-6-16)13-17(24)18-22-19(27-23-18)15-7-4-8-15/h2-3,15-17H,4-14H2,1H3. The number of carbonyl (C=O) groups is 1. The van der Waals surface area contributed by atoms with E-state index in [1.807, 2.05) is 0 Å². The van der Waals surface area contributed by atoms with Crippen molar-refractivity contribution >= 4 is 5.91 Å². The van der Waals surface area contributed by atoms with Gasteiger partial charge in [-0.15, -0.1) is 0 Å². The number of carbonyl (C=O) groups excluding carboxylic acids is 1. The van der Waals surface area contributed by atoms with Crippen LogP contribution in [0.15, 0.2) is 16.7 Å². The molecule has 27 heavy (non-hydrogen) atoms. The topological polar surface area (TPSA) is 62.5 Å². The lowest BCUT2D eigenvalue weighted by molar-refractivity contribution is -0.137. The van der Waals surface area contributed by atoms with Crippen LogP contribution in [0.1, 0.15) is 75.0 Å². The quantitative estimate of drug-likeness (QED) is 0.764. The van der Waals surface area contributed by atoms with Crippen LogP contribution in [0.25, 0.3) is 0 Å². The Bertz CT molecular complexity index is 722. The van der Waals surface area contributed by atoms with Gasteiger partial charge in [-0.3, -0.25) is 9.69 Å². The highest BCUT2D eigenvalue weighted by Gasteiger charge is 2.47. The van der Waals surface area contributed by atoms with E-state index in [0.717, 1.165) is 63.5 Å². The van der Waals surface area contributed by atoms with Crippen molar-refractivity contribution in [1.29, 1.82) is 0 Å². The van der Waals surface area contributed by atoms with E-state index in [0.29, 0.717) is 17.2 Å². The van der Waals surface area contributed by atoms with Gasteiger partial charge >= 0.3 is 0 Å². The molecule has 3 heterocycles. The lowest BCUT2D eigenvalue weighted by atomic mass is 9.76. The van der Waals surface area contributed by atoms with Crippen LogP contribution in [0.2, 0.25) is 0 Å². The summed E-state index contributed by atoms with van der Waals surface area (Å²) in [5, 5.41) is 4.33. The summed E-state index contributed by atoms with van der Waals surface area (Å²) < 4.78 is 5.56. The molecule has 0 aromatic carbocycles. The van der Waals surface area contributed by atoms with Gasteiger partial charge in [0.2, 0.25) is 11.8 Å². The molecular weight excluding hydrogens is 340 g/mol. The molecule has 1 aromatic heterocycles. The third-order valence-electron chi connectivity index (χ3n) is 7.45. The number of allylic oxidation sites excluding steroid dienone is 2. The fourth-order valence-corrected chi connectivity index (χ4v) is 5.40. The van der Waals surface area contributed by atoms with Gasteiger partial charge in [0, 0.05) is 31.5 Å². The zero-order valence-corrected chi connectivity index (χ0v) is 16.3. The highest BCUT2D eigenvalue weighted by atomic mass is 16.5. The van der Waals surface area contributed by atoms with Gasteiger partial charge in [-0.05, 0) is 57.4 Å². The molecule has 4 aliphatic rings. The summed E-state index contributed by atoms with van der Waals surface area (Å²) >= 11 is 0. The largest absolute Gasteiger partial charge is 0.342 e. The zero-order valence-electron chi connectivity index (χ0n) is 16.3. The van der Waals surface area contributed by atoms with Crippen molar-refractivity contribution in [1.82, 2.24) is 19.9 Å². The predicted molar refractivity (Wildman–Crippen MR) is 101 cm³/mol. The van der Waals surface area contributed by atoms with Crippen LogP contribution in [-0.4, -0.2) is 52.5 Å². The van der Waals surface area contributed by atoms with Crippen LogP contribution in [0, 0.1) is 11.3 Å². The van der Waals surface area contributed by atoms with Crippen molar-refractivity contribution in [2.45, 2.75) is 63.3 Å². The van der Waals surface area contributed by atoms with Gasteiger partial charge in [0.15, 0.2) is 5.82 Å². The molecule has 6 nitrogen and oxygen atoms in total. The first-order valence-electron chi connectivity index (χ1n) is 10.6. The van der Waals surface area contributed by atoms with Gasteiger partial charge in [0.05, 0.1) is 6.04 Å². The van der Waals surface area contributed by atoms with Crippen molar-refractivity contribution in [2.75, 3.05) is 26.7 Å². The van der Waals surface area contributed by atoms with Crippen LogP contribution in [-0.2, 0) is 4.79 Å². The maximum absolute atomic E-state index is 12.7. The van der Waals surface area contributed by atoms with Gasteiger partial charge < -0.3 is 9.42 Å². The van der Waals surface area contributed by atoms with Crippen molar-refractivity contribution in [3.05, 3.63) is 23.9 Å². The summed E-state index contributed by atoms with van der Waals surface area (Å²) in [5.41, 5.74) is 0.293. The maximum atomic E-state index is 12.7. The van der Waals surface area contributed by atoms with Crippen LogP contribution in [0.3, 0.4) is 0 Å². The van der Waals surface area contributed by atoms with Crippen LogP contribution in [0.4, 0.5) is 0 Å². The molecule has 0 bridgehead atoms. The second-order valence-corrected chi connectivity index (χ2v) is 9.22. The minimum atomic E-state index is 0.197. The lowest BCUT2D eigenvalue weighted by Crippen LogP contribution is -2.45. The Hall–Kier alpha value is -1.69. The summed E-state index contributed by atoms with van der Waals surface area (Å²) in [5.74, 6) is 2.76. The van der Waals surface area contributed by atoms with E-state index in [1.165, 1.54) is 19.3 Å². The van der Waals surface area contributed by atoms with Crippen LogP contribution in [0.5, 0.6) is 0 Å². The Morgan fingerprint density at radius 1 is 1.22 bits per heavy atom. The molecule has 1 spiro atoms. The number of likely N-dealkylation sites (tertiary alicyclic amines) is 2. The van der Waals surface area contributed by atoms with Gasteiger partial charge in [-0.2, -0.15) is 4.98 Å². The predicted octanol–water partition coefficient (Wildman–Crippen LogP) is 3.29. The fraction of sp³-hybridized carbons (Fsp3) is 0.762. The summed E-state index contributed by atoms with van der Waals surface area (Å²) in [7, 11) is 2.18. The van der Waals surface area contributed by atoms with Crippen molar-refractivity contribution in [3.8, 4) is 0 Å². The molecule has 0 radical (unpaired) electrons. The fourth-order valence-electron chi connectivity index (χ4n) is 5.40. The van der Waals surface area contributed by atoms with E-state index in [9.17, 15) is 4.79 Å². The Morgan fingerprint density at radius 3 is 2.63 bits per heavy atom. The molecule has 1 aromatic rings. The molecule has 1 saturated carbocycles. The number of rotatable bonds is 3. The van der Waals surface area contributed by atoms with E-state index < -0.39 is 0 Å². The SMILES string of the molecule is CN1CC2(CCN(C(=O)C3CC=CC3)CC2)CC1c1noc(C2CCC2)n1. The molecule has 2 saturated heterocycles. The number of aromatic nitrogens is 2. The number of hydrogen-bond acceptors (Lipinski definition) is 5. The molecule has 3 fully saturated rings. The average molecular weight is 370 g/mol. The average Bonchev–Trinajstić information content (AvgIpc) is 3.35. The molecule has 6 heteroatoms. The molecule has 2 aliphatic carbocycles. The minimum absolute atomic E-state index is 0.197. The van der Waals surface area contributed by atoms with E-state index >= 15 is 0 Å². The molecule has 5 rings (SSSR count). The summed E-state index contributed by atoms with van der Waals surface area (Å²) in [6, 6.07) is 0.254.